The highest BCUT2D eigenvalue weighted by atomic mass is 35.5. The molecule has 0 aliphatic carbocycles. The zero-order valence-corrected chi connectivity index (χ0v) is 13.7. The van der Waals surface area contributed by atoms with E-state index in [4.69, 9.17) is 16.9 Å². The topological polar surface area (TPSA) is 108 Å². The minimum absolute atomic E-state index is 0.0486. The minimum atomic E-state index is -0.558. The van der Waals surface area contributed by atoms with Gasteiger partial charge >= 0.3 is 0 Å². The molecule has 0 spiro atoms. The zero-order chi connectivity index (χ0) is 18.2. The van der Waals surface area contributed by atoms with Crippen LogP contribution in [0, 0.1) is 21.4 Å². The Morgan fingerprint density at radius 1 is 1.24 bits per heavy atom. The number of benzene rings is 2. The first-order valence-corrected chi connectivity index (χ1v) is 7.52. The van der Waals surface area contributed by atoms with Crippen molar-refractivity contribution in [3.63, 3.8) is 0 Å². The van der Waals surface area contributed by atoms with Crippen molar-refractivity contribution in [2.45, 2.75) is 6.54 Å². The summed E-state index contributed by atoms with van der Waals surface area (Å²) in [6.07, 6.45) is 1.24. The third kappa shape index (κ3) is 5.06. The molecule has 0 radical (unpaired) electrons. The maximum atomic E-state index is 12.0. The van der Waals surface area contributed by atoms with E-state index in [1.807, 2.05) is 0 Å². The number of non-ortho nitro benzene ring substituents is 1. The molecule has 2 N–H and O–H groups in total. The third-order valence-electron chi connectivity index (χ3n) is 3.22. The molecule has 1 amide bonds. The number of nitrogens with zero attached hydrogens (tertiary/aromatic N) is 2. The van der Waals surface area contributed by atoms with Crippen molar-refractivity contribution >= 4 is 28.9 Å². The monoisotopic (exact) mass is 356 g/mol. The van der Waals surface area contributed by atoms with E-state index < -0.39 is 10.8 Å². The highest BCUT2D eigenvalue weighted by Crippen LogP contribution is 2.16. The van der Waals surface area contributed by atoms with Crippen molar-refractivity contribution in [2.75, 3.05) is 5.32 Å². The van der Waals surface area contributed by atoms with Crippen LogP contribution < -0.4 is 10.6 Å². The van der Waals surface area contributed by atoms with Crippen LogP contribution in [-0.4, -0.2) is 10.8 Å². The number of nitro groups is 1. The van der Waals surface area contributed by atoms with Crippen molar-refractivity contribution in [1.82, 2.24) is 5.32 Å². The summed E-state index contributed by atoms with van der Waals surface area (Å²) in [6.45, 7) is 0.190. The van der Waals surface area contributed by atoms with Gasteiger partial charge in [-0.3, -0.25) is 14.9 Å². The van der Waals surface area contributed by atoms with E-state index >= 15 is 0 Å². The summed E-state index contributed by atoms with van der Waals surface area (Å²) in [5.41, 5.74) is 1.06. The van der Waals surface area contributed by atoms with Crippen LogP contribution in [0.2, 0.25) is 5.02 Å². The average Bonchev–Trinajstić information content (AvgIpc) is 2.62. The molecule has 0 aliphatic rings. The summed E-state index contributed by atoms with van der Waals surface area (Å²) >= 11 is 6.01. The van der Waals surface area contributed by atoms with Crippen LogP contribution in [0.15, 0.2) is 60.3 Å². The Labute approximate surface area is 148 Å². The number of nitrogens with one attached hydrogen (secondary N) is 2. The Bertz CT molecular complexity index is 857. The van der Waals surface area contributed by atoms with Crippen molar-refractivity contribution in [3.8, 4) is 6.07 Å². The molecule has 8 heteroatoms. The number of anilines is 1. The standard InChI is InChI=1S/C17H13ClN4O3/c18-16-4-2-1-3-12(16)10-21-17(23)13(9-19)11-20-14-5-7-15(8-6-14)22(24)25/h1-8,11,20H,10H2,(H,21,23)/b13-11-. The van der Waals surface area contributed by atoms with E-state index in [1.54, 1.807) is 30.3 Å². The highest BCUT2D eigenvalue weighted by molar-refractivity contribution is 6.31. The molecular weight excluding hydrogens is 344 g/mol. The summed E-state index contributed by atoms with van der Waals surface area (Å²) in [4.78, 5) is 22.1. The number of halogens is 1. The number of amides is 1. The second kappa shape index (κ2) is 8.47. The van der Waals surface area contributed by atoms with Crippen LogP contribution in [0.3, 0.4) is 0 Å². The highest BCUT2D eigenvalue weighted by Gasteiger charge is 2.10. The van der Waals surface area contributed by atoms with E-state index in [1.165, 1.54) is 30.5 Å². The molecule has 0 bridgehead atoms. The normalized spacial score (nSPS) is 10.6. The fourth-order valence-corrected chi connectivity index (χ4v) is 2.10. The minimum Gasteiger partial charge on any atom is -0.360 e. The Morgan fingerprint density at radius 3 is 2.52 bits per heavy atom. The van der Waals surface area contributed by atoms with Crippen LogP contribution in [0.1, 0.15) is 5.56 Å². The van der Waals surface area contributed by atoms with Crippen LogP contribution in [0.5, 0.6) is 0 Å². The largest absolute Gasteiger partial charge is 0.360 e. The van der Waals surface area contributed by atoms with E-state index in [2.05, 4.69) is 10.6 Å². The van der Waals surface area contributed by atoms with E-state index in [-0.39, 0.29) is 17.8 Å². The number of carbonyl (C=O) groups excluding carboxylic acids is 1. The van der Waals surface area contributed by atoms with E-state index in [9.17, 15) is 14.9 Å². The van der Waals surface area contributed by atoms with Gasteiger partial charge in [-0.15, -0.1) is 0 Å². The number of hydrogen-bond acceptors (Lipinski definition) is 5. The molecule has 126 valence electrons. The SMILES string of the molecule is N#C/C(=C/Nc1ccc([N+](=O)[O-])cc1)C(=O)NCc1ccccc1Cl. The van der Waals surface area contributed by atoms with Gasteiger partial charge in [-0.25, -0.2) is 0 Å². The van der Waals surface area contributed by atoms with Gasteiger partial charge in [0.15, 0.2) is 0 Å². The van der Waals surface area contributed by atoms with Crippen LogP contribution in [-0.2, 0) is 11.3 Å². The fourth-order valence-electron chi connectivity index (χ4n) is 1.90. The maximum absolute atomic E-state index is 12.0. The molecule has 0 saturated heterocycles. The van der Waals surface area contributed by atoms with Gasteiger partial charge in [0.2, 0.25) is 0 Å². The lowest BCUT2D eigenvalue weighted by molar-refractivity contribution is -0.384. The quantitative estimate of drug-likeness (QED) is 0.357. The Balaban J connectivity index is 1.99. The predicted molar refractivity (Wildman–Crippen MR) is 93.7 cm³/mol. The summed E-state index contributed by atoms with van der Waals surface area (Å²) in [6, 6.07) is 14.4. The number of hydrogen-bond donors (Lipinski definition) is 2. The predicted octanol–water partition coefficient (Wildman–Crippen LogP) is 3.38. The van der Waals surface area contributed by atoms with E-state index in [0.717, 1.165) is 5.56 Å². The lowest BCUT2D eigenvalue weighted by atomic mass is 10.2. The number of nitro benzene ring substituents is 1. The summed E-state index contributed by atoms with van der Waals surface area (Å²) in [5, 5.41) is 25.6. The molecule has 0 atom stereocenters. The van der Waals surface area contributed by atoms with Gasteiger partial charge in [-0.1, -0.05) is 29.8 Å². The Kier molecular flexibility index (Phi) is 6.09. The first-order valence-electron chi connectivity index (χ1n) is 7.14. The Hall–Kier alpha value is -3.37. The number of carbonyl (C=O) groups is 1. The lowest BCUT2D eigenvalue weighted by Gasteiger charge is -2.06. The van der Waals surface area contributed by atoms with Crippen molar-refractivity contribution < 1.29 is 9.72 Å². The van der Waals surface area contributed by atoms with Gasteiger partial charge in [-0.2, -0.15) is 5.26 Å². The molecule has 2 aromatic carbocycles. The molecule has 0 heterocycles. The number of rotatable bonds is 6. The smallest absolute Gasteiger partial charge is 0.269 e. The second-order valence-electron chi connectivity index (χ2n) is 4.89. The molecule has 7 nitrogen and oxygen atoms in total. The average molecular weight is 357 g/mol. The molecule has 0 fully saturated rings. The molecule has 2 rings (SSSR count). The van der Waals surface area contributed by atoms with Gasteiger partial charge in [0.25, 0.3) is 11.6 Å². The first-order chi connectivity index (χ1) is 12.0. The zero-order valence-electron chi connectivity index (χ0n) is 12.9. The second-order valence-corrected chi connectivity index (χ2v) is 5.30. The van der Waals surface area contributed by atoms with Crippen LogP contribution in [0.4, 0.5) is 11.4 Å². The fraction of sp³-hybridized carbons (Fsp3) is 0.0588. The van der Waals surface area contributed by atoms with Gasteiger partial charge in [0.05, 0.1) is 4.92 Å². The molecule has 0 aromatic heterocycles. The molecule has 2 aromatic rings. The lowest BCUT2D eigenvalue weighted by Crippen LogP contribution is -2.24. The molecular formula is C17H13ClN4O3. The summed E-state index contributed by atoms with van der Waals surface area (Å²) in [7, 11) is 0. The maximum Gasteiger partial charge on any atom is 0.269 e. The molecule has 25 heavy (non-hydrogen) atoms. The summed E-state index contributed by atoms with van der Waals surface area (Å²) < 4.78 is 0. The van der Waals surface area contributed by atoms with Crippen LogP contribution in [0.25, 0.3) is 0 Å². The van der Waals surface area contributed by atoms with E-state index in [0.29, 0.717) is 10.7 Å². The Morgan fingerprint density at radius 2 is 1.92 bits per heavy atom. The van der Waals surface area contributed by atoms with Crippen molar-refractivity contribution in [3.05, 3.63) is 81.0 Å². The van der Waals surface area contributed by atoms with Gasteiger partial charge in [0, 0.05) is 35.6 Å². The molecule has 0 saturated carbocycles. The van der Waals surface area contributed by atoms with Crippen LogP contribution >= 0.6 is 11.6 Å². The van der Waals surface area contributed by atoms with Gasteiger partial charge in [-0.05, 0) is 23.8 Å². The van der Waals surface area contributed by atoms with Gasteiger partial charge in [0.1, 0.15) is 11.6 Å². The van der Waals surface area contributed by atoms with Gasteiger partial charge < -0.3 is 10.6 Å². The van der Waals surface area contributed by atoms with Crippen molar-refractivity contribution in [1.29, 1.82) is 5.26 Å². The molecule has 0 aliphatic heterocycles. The third-order valence-corrected chi connectivity index (χ3v) is 3.59. The number of nitriles is 1. The molecule has 0 unspecified atom stereocenters. The van der Waals surface area contributed by atoms with Crippen molar-refractivity contribution in [2.24, 2.45) is 0 Å². The first kappa shape index (κ1) is 18.0. The summed E-state index contributed by atoms with van der Waals surface area (Å²) in [5.74, 6) is -0.558.